The number of hydrogen-bond acceptors (Lipinski definition) is 3. The van der Waals surface area contributed by atoms with E-state index in [-0.39, 0.29) is 5.91 Å². The molecule has 1 atom stereocenters. The van der Waals surface area contributed by atoms with Gasteiger partial charge in [-0.2, -0.15) is 0 Å². The van der Waals surface area contributed by atoms with Crippen LogP contribution in [0.1, 0.15) is 30.9 Å². The number of nitrogens with zero attached hydrogens (tertiary/aromatic N) is 1. The summed E-state index contributed by atoms with van der Waals surface area (Å²) in [7, 11) is 0. The van der Waals surface area contributed by atoms with E-state index in [1.54, 1.807) is 0 Å². The lowest BCUT2D eigenvalue weighted by molar-refractivity contribution is -0.125. The number of carbonyl (C=O) groups is 2. The van der Waals surface area contributed by atoms with Crippen molar-refractivity contribution < 1.29 is 9.59 Å². The SMILES string of the molecule is NC(=O)NC(=O)[C@@H](c1ccccc1)N1CCCCC1. The van der Waals surface area contributed by atoms with Gasteiger partial charge in [-0.15, -0.1) is 0 Å². The van der Waals surface area contributed by atoms with Gasteiger partial charge < -0.3 is 5.73 Å². The van der Waals surface area contributed by atoms with Crippen LogP contribution in [0.5, 0.6) is 0 Å². The molecule has 0 saturated carbocycles. The Kier molecular flexibility index (Phi) is 4.52. The molecule has 1 aromatic carbocycles. The van der Waals surface area contributed by atoms with Gasteiger partial charge in [0.05, 0.1) is 0 Å². The van der Waals surface area contributed by atoms with Crippen LogP contribution in [0.15, 0.2) is 30.3 Å². The molecule has 2 rings (SSSR count). The first-order chi connectivity index (χ1) is 9.18. The van der Waals surface area contributed by atoms with Crippen LogP contribution in [0.3, 0.4) is 0 Å². The van der Waals surface area contributed by atoms with Crippen LogP contribution < -0.4 is 11.1 Å². The van der Waals surface area contributed by atoms with Gasteiger partial charge in [0.15, 0.2) is 0 Å². The molecule has 0 aliphatic carbocycles. The lowest BCUT2D eigenvalue weighted by Gasteiger charge is -2.33. The maximum Gasteiger partial charge on any atom is 0.318 e. The summed E-state index contributed by atoms with van der Waals surface area (Å²) in [5, 5.41) is 2.20. The van der Waals surface area contributed by atoms with E-state index in [9.17, 15) is 9.59 Å². The van der Waals surface area contributed by atoms with Gasteiger partial charge in [0.2, 0.25) is 5.91 Å². The first kappa shape index (κ1) is 13.5. The van der Waals surface area contributed by atoms with Crippen molar-refractivity contribution in [1.29, 1.82) is 0 Å². The Hall–Kier alpha value is -1.88. The molecule has 1 aliphatic rings. The molecule has 19 heavy (non-hydrogen) atoms. The number of hydrogen-bond donors (Lipinski definition) is 2. The van der Waals surface area contributed by atoms with E-state index in [1.807, 2.05) is 30.3 Å². The molecular weight excluding hydrogens is 242 g/mol. The third-order valence-corrected chi connectivity index (χ3v) is 3.37. The van der Waals surface area contributed by atoms with Crippen LogP contribution in [-0.4, -0.2) is 29.9 Å². The first-order valence-corrected chi connectivity index (χ1v) is 6.58. The van der Waals surface area contributed by atoms with Crippen molar-refractivity contribution in [2.45, 2.75) is 25.3 Å². The van der Waals surface area contributed by atoms with Crippen LogP contribution >= 0.6 is 0 Å². The second-order valence-electron chi connectivity index (χ2n) is 4.76. The molecule has 1 aliphatic heterocycles. The summed E-state index contributed by atoms with van der Waals surface area (Å²) in [6.45, 7) is 1.73. The Labute approximate surface area is 112 Å². The average molecular weight is 261 g/mol. The number of nitrogens with two attached hydrogens (primary N) is 1. The minimum Gasteiger partial charge on any atom is -0.351 e. The Bertz CT molecular complexity index is 441. The molecule has 0 bridgehead atoms. The normalized spacial score (nSPS) is 17.7. The van der Waals surface area contributed by atoms with Crippen LogP contribution in [0, 0.1) is 0 Å². The molecule has 0 unspecified atom stereocenters. The summed E-state index contributed by atoms with van der Waals surface area (Å²) >= 11 is 0. The van der Waals surface area contributed by atoms with E-state index >= 15 is 0 Å². The highest BCUT2D eigenvalue weighted by molar-refractivity contribution is 5.96. The predicted molar refractivity (Wildman–Crippen MR) is 72.3 cm³/mol. The number of rotatable bonds is 3. The predicted octanol–water partition coefficient (Wildman–Crippen LogP) is 1.41. The molecule has 1 saturated heterocycles. The van der Waals surface area contributed by atoms with Gasteiger partial charge in [-0.05, 0) is 31.5 Å². The van der Waals surface area contributed by atoms with E-state index < -0.39 is 12.1 Å². The van der Waals surface area contributed by atoms with Crippen molar-refractivity contribution in [3.05, 3.63) is 35.9 Å². The number of primary amides is 1. The molecule has 3 N–H and O–H groups in total. The van der Waals surface area contributed by atoms with Crippen LogP contribution in [0.4, 0.5) is 4.79 Å². The number of nitrogens with one attached hydrogen (secondary N) is 1. The van der Waals surface area contributed by atoms with E-state index in [2.05, 4.69) is 10.2 Å². The zero-order valence-corrected chi connectivity index (χ0v) is 10.8. The average Bonchev–Trinajstić information content (AvgIpc) is 2.40. The molecule has 5 nitrogen and oxygen atoms in total. The number of piperidine rings is 1. The summed E-state index contributed by atoms with van der Waals surface area (Å²) in [6.07, 6.45) is 3.34. The van der Waals surface area contributed by atoms with E-state index in [0.717, 1.165) is 31.5 Å². The molecule has 3 amide bonds. The Morgan fingerprint density at radius 2 is 1.74 bits per heavy atom. The van der Waals surface area contributed by atoms with Gasteiger partial charge in [0.1, 0.15) is 6.04 Å². The van der Waals surface area contributed by atoms with E-state index in [1.165, 1.54) is 6.42 Å². The van der Waals surface area contributed by atoms with Gasteiger partial charge in [0.25, 0.3) is 0 Å². The minimum atomic E-state index is -0.803. The molecule has 1 heterocycles. The van der Waals surface area contributed by atoms with Crippen molar-refractivity contribution in [3.63, 3.8) is 0 Å². The fraction of sp³-hybridized carbons (Fsp3) is 0.429. The summed E-state index contributed by atoms with van der Waals surface area (Å²) in [5.74, 6) is -0.347. The van der Waals surface area contributed by atoms with Crippen molar-refractivity contribution in [3.8, 4) is 0 Å². The second kappa shape index (κ2) is 6.33. The molecule has 0 radical (unpaired) electrons. The van der Waals surface area contributed by atoms with E-state index in [4.69, 9.17) is 5.73 Å². The Morgan fingerprint density at radius 3 is 2.32 bits per heavy atom. The quantitative estimate of drug-likeness (QED) is 0.863. The van der Waals surface area contributed by atoms with Crippen molar-refractivity contribution in [1.82, 2.24) is 10.2 Å². The van der Waals surface area contributed by atoms with Crippen molar-refractivity contribution in [2.75, 3.05) is 13.1 Å². The molecule has 0 spiro atoms. The highest BCUT2D eigenvalue weighted by atomic mass is 16.2. The van der Waals surface area contributed by atoms with Crippen molar-refractivity contribution >= 4 is 11.9 Å². The Balaban J connectivity index is 2.22. The van der Waals surface area contributed by atoms with Gasteiger partial charge in [-0.3, -0.25) is 15.0 Å². The lowest BCUT2D eigenvalue weighted by atomic mass is 10.0. The van der Waals surface area contributed by atoms with Gasteiger partial charge in [-0.1, -0.05) is 36.8 Å². The highest BCUT2D eigenvalue weighted by Gasteiger charge is 2.29. The molecule has 1 fully saturated rings. The largest absolute Gasteiger partial charge is 0.351 e. The molecule has 102 valence electrons. The molecule has 0 aromatic heterocycles. The fourth-order valence-corrected chi connectivity index (χ4v) is 2.53. The van der Waals surface area contributed by atoms with Crippen LogP contribution in [0.2, 0.25) is 0 Å². The zero-order valence-electron chi connectivity index (χ0n) is 10.8. The van der Waals surface area contributed by atoms with Gasteiger partial charge in [-0.25, -0.2) is 4.79 Å². The Morgan fingerprint density at radius 1 is 1.11 bits per heavy atom. The van der Waals surface area contributed by atoms with Crippen LogP contribution in [-0.2, 0) is 4.79 Å². The zero-order chi connectivity index (χ0) is 13.7. The monoisotopic (exact) mass is 261 g/mol. The topological polar surface area (TPSA) is 75.4 Å². The minimum absolute atomic E-state index is 0.347. The smallest absolute Gasteiger partial charge is 0.318 e. The first-order valence-electron chi connectivity index (χ1n) is 6.58. The maximum absolute atomic E-state index is 12.2. The third kappa shape index (κ3) is 3.54. The summed E-state index contributed by atoms with van der Waals surface area (Å²) in [5.41, 5.74) is 5.94. The number of likely N-dealkylation sites (tertiary alicyclic amines) is 1. The molecule has 1 aromatic rings. The molecular formula is C14H19N3O2. The lowest BCUT2D eigenvalue weighted by Crippen LogP contribution is -2.46. The summed E-state index contributed by atoms with van der Waals surface area (Å²) < 4.78 is 0. The number of benzene rings is 1. The standard InChI is InChI=1S/C14H19N3O2/c15-14(19)16-13(18)12(11-7-3-1-4-8-11)17-9-5-2-6-10-17/h1,3-4,7-8,12H,2,5-6,9-10H2,(H3,15,16,18,19)/t12-/m1/s1. The van der Waals surface area contributed by atoms with Gasteiger partial charge in [0, 0.05) is 0 Å². The number of amides is 3. The number of urea groups is 1. The third-order valence-electron chi connectivity index (χ3n) is 3.37. The molecule has 5 heteroatoms. The number of carbonyl (C=O) groups excluding carboxylic acids is 2. The fourth-order valence-electron chi connectivity index (χ4n) is 2.53. The second-order valence-corrected chi connectivity index (χ2v) is 4.76. The number of imide groups is 1. The van der Waals surface area contributed by atoms with Gasteiger partial charge >= 0.3 is 6.03 Å². The maximum atomic E-state index is 12.2. The summed E-state index contributed by atoms with van der Waals surface area (Å²) in [4.78, 5) is 25.2. The highest BCUT2D eigenvalue weighted by Crippen LogP contribution is 2.24. The van der Waals surface area contributed by atoms with E-state index in [0.29, 0.717) is 0 Å². The van der Waals surface area contributed by atoms with Crippen LogP contribution in [0.25, 0.3) is 0 Å². The summed E-state index contributed by atoms with van der Waals surface area (Å²) in [6, 6.07) is 8.26. The van der Waals surface area contributed by atoms with Crippen molar-refractivity contribution in [2.24, 2.45) is 5.73 Å².